The van der Waals surface area contributed by atoms with Crippen molar-refractivity contribution in [3.8, 4) is 0 Å². The minimum absolute atomic E-state index is 0.0275. The topological polar surface area (TPSA) is 43.1 Å². The van der Waals surface area contributed by atoms with Crippen molar-refractivity contribution in [2.75, 3.05) is 6.54 Å². The van der Waals surface area contributed by atoms with E-state index in [1.807, 2.05) is 18.2 Å². The third-order valence-electron chi connectivity index (χ3n) is 2.46. The lowest BCUT2D eigenvalue weighted by Gasteiger charge is -2.22. The zero-order chi connectivity index (χ0) is 12.3. The summed E-state index contributed by atoms with van der Waals surface area (Å²) in [6.07, 6.45) is 0.402. The third kappa shape index (κ3) is 3.16. The second-order valence-electron chi connectivity index (χ2n) is 4.90. The molecule has 0 fully saturated rings. The number of rotatable bonds is 3. The quantitative estimate of drug-likeness (QED) is 0.866. The Bertz CT molecular complexity index is 393. The highest BCUT2D eigenvalue weighted by Crippen LogP contribution is 2.28. The van der Waals surface area contributed by atoms with Crippen LogP contribution in [0.25, 0.3) is 0 Å². The molecule has 88 valence electrons. The fourth-order valence-corrected chi connectivity index (χ4v) is 2.03. The van der Waals surface area contributed by atoms with Crippen LogP contribution >= 0.6 is 15.9 Å². The summed E-state index contributed by atoms with van der Waals surface area (Å²) < 4.78 is 0.931. The van der Waals surface area contributed by atoms with Crippen LogP contribution in [-0.4, -0.2) is 12.3 Å². The van der Waals surface area contributed by atoms with Gasteiger partial charge in [-0.3, -0.25) is 4.79 Å². The van der Waals surface area contributed by atoms with E-state index >= 15 is 0 Å². The molecular formula is C13H18BrNO. The van der Waals surface area contributed by atoms with Gasteiger partial charge in [-0.1, -0.05) is 42.8 Å². The molecule has 0 saturated heterocycles. The molecular weight excluding hydrogens is 266 g/mol. The smallest absolute Gasteiger partial charge is 0.164 e. The van der Waals surface area contributed by atoms with Crippen molar-refractivity contribution in [1.29, 1.82) is 0 Å². The van der Waals surface area contributed by atoms with E-state index in [9.17, 15) is 4.79 Å². The molecule has 2 nitrogen and oxygen atoms in total. The number of nitrogens with two attached hydrogens (primary N) is 1. The molecule has 1 aromatic carbocycles. The van der Waals surface area contributed by atoms with Crippen LogP contribution < -0.4 is 5.73 Å². The van der Waals surface area contributed by atoms with Gasteiger partial charge in [0.25, 0.3) is 0 Å². The lowest BCUT2D eigenvalue weighted by atomic mass is 9.82. The van der Waals surface area contributed by atoms with E-state index < -0.39 is 0 Å². The Labute approximate surface area is 105 Å². The number of halogens is 1. The number of ketones is 1. The molecule has 0 bridgehead atoms. The molecule has 0 amide bonds. The molecule has 3 heteroatoms. The molecule has 0 unspecified atom stereocenters. The Balaban J connectivity index is 3.24. The van der Waals surface area contributed by atoms with Crippen LogP contribution in [0.15, 0.2) is 22.7 Å². The zero-order valence-electron chi connectivity index (χ0n) is 10.0. The van der Waals surface area contributed by atoms with Crippen LogP contribution in [0.4, 0.5) is 0 Å². The van der Waals surface area contributed by atoms with Crippen molar-refractivity contribution >= 4 is 21.7 Å². The molecule has 16 heavy (non-hydrogen) atoms. The molecule has 0 aliphatic rings. The first-order valence-electron chi connectivity index (χ1n) is 5.39. The van der Waals surface area contributed by atoms with Crippen LogP contribution in [-0.2, 0) is 5.41 Å². The number of benzene rings is 1. The first kappa shape index (κ1) is 13.4. The van der Waals surface area contributed by atoms with E-state index in [1.54, 1.807) is 0 Å². The maximum absolute atomic E-state index is 12.0. The Morgan fingerprint density at radius 3 is 2.50 bits per heavy atom. The second-order valence-corrected chi connectivity index (χ2v) is 5.82. The summed E-state index contributed by atoms with van der Waals surface area (Å²) in [4.78, 5) is 12.0. The molecule has 0 heterocycles. The average Bonchev–Trinajstić information content (AvgIpc) is 2.16. The molecule has 0 aromatic heterocycles. The van der Waals surface area contributed by atoms with Gasteiger partial charge in [-0.2, -0.15) is 0 Å². The minimum Gasteiger partial charge on any atom is -0.330 e. The van der Waals surface area contributed by atoms with Crippen molar-refractivity contribution in [2.24, 2.45) is 5.73 Å². The Hall–Kier alpha value is -0.670. The zero-order valence-corrected chi connectivity index (χ0v) is 11.6. The Kier molecular flexibility index (Phi) is 4.28. The highest BCUT2D eigenvalue weighted by atomic mass is 79.9. The normalized spacial score (nSPS) is 11.6. The average molecular weight is 284 g/mol. The van der Waals surface area contributed by atoms with Gasteiger partial charge in [-0.05, 0) is 29.7 Å². The monoisotopic (exact) mass is 283 g/mol. The predicted octanol–water partition coefficient (Wildman–Crippen LogP) is 3.28. The first-order valence-corrected chi connectivity index (χ1v) is 6.19. The van der Waals surface area contributed by atoms with Crippen molar-refractivity contribution in [3.05, 3.63) is 33.8 Å². The fourth-order valence-electron chi connectivity index (χ4n) is 1.67. The van der Waals surface area contributed by atoms with E-state index in [2.05, 4.69) is 36.7 Å². The largest absolute Gasteiger partial charge is 0.330 e. The number of carbonyl (C=O) groups is 1. The van der Waals surface area contributed by atoms with E-state index in [-0.39, 0.29) is 11.2 Å². The molecule has 0 saturated carbocycles. The third-order valence-corrected chi connectivity index (χ3v) is 2.95. The summed E-state index contributed by atoms with van der Waals surface area (Å²) in [5.41, 5.74) is 7.27. The molecule has 0 aliphatic heterocycles. The fraction of sp³-hybridized carbons (Fsp3) is 0.462. The van der Waals surface area contributed by atoms with Crippen LogP contribution in [0.2, 0.25) is 0 Å². The van der Waals surface area contributed by atoms with Crippen LogP contribution in [0.1, 0.15) is 43.1 Å². The predicted molar refractivity (Wildman–Crippen MR) is 70.8 cm³/mol. The summed E-state index contributed by atoms with van der Waals surface area (Å²) in [5, 5.41) is 0. The summed E-state index contributed by atoms with van der Waals surface area (Å²) in [5.74, 6) is 0.119. The maximum atomic E-state index is 12.0. The van der Waals surface area contributed by atoms with Crippen LogP contribution in [0.3, 0.4) is 0 Å². The lowest BCUT2D eigenvalue weighted by molar-refractivity contribution is 0.0983. The van der Waals surface area contributed by atoms with Gasteiger partial charge in [0.15, 0.2) is 5.78 Å². The van der Waals surface area contributed by atoms with Gasteiger partial charge in [0.2, 0.25) is 0 Å². The van der Waals surface area contributed by atoms with Gasteiger partial charge >= 0.3 is 0 Å². The van der Waals surface area contributed by atoms with E-state index in [1.165, 1.54) is 0 Å². The number of hydrogen-bond acceptors (Lipinski definition) is 2. The molecule has 0 aliphatic carbocycles. The summed E-state index contributed by atoms with van der Waals surface area (Å²) >= 11 is 3.40. The van der Waals surface area contributed by atoms with E-state index in [4.69, 9.17) is 5.73 Å². The summed E-state index contributed by atoms with van der Waals surface area (Å²) in [6.45, 7) is 6.72. The standard InChI is InChI=1S/C13H18BrNO/c1-13(2,3)11-5-4-9(14)8-10(11)12(16)6-7-15/h4-5,8H,6-7,15H2,1-3H3. The molecule has 0 spiro atoms. The highest BCUT2D eigenvalue weighted by molar-refractivity contribution is 9.10. The SMILES string of the molecule is CC(C)(C)c1ccc(Br)cc1C(=O)CCN. The van der Waals surface area contributed by atoms with Crippen molar-refractivity contribution in [1.82, 2.24) is 0 Å². The minimum atomic E-state index is -0.0275. The lowest BCUT2D eigenvalue weighted by Crippen LogP contribution is -2.18. The van der Waals surface area contributed by atoms with Gasteiger partial charge < -0.3 is 5.73 Å². The van der Waals surface area contributed by atoms with Gasteiger partial charge in [0.05, 0.1) is 0 Å². The van der Waals surface area contributed by atoms with Crippen LogP contribution in [0, 0.1) is 0 Å². The molecule has 2 N–H and O–H groups in total. The Morgan fingerprint density at radius 2 is 2.00 bits per heavy atom. The summed E-state index contributed by atoms with van der Waals surface area (Å²) in [7, 11) is 0. The number of Topliss-reactive ketones (excluding diaryl/α,β-unsaturated/α-hetero) is 1. The molecule has 0 radical (unpaired) electrons. The van der Waals surface area contributed by atoms with Crippen molar-refractivity contribution in [2.45, 2.75) is 32.6 Å². The van der Waals surface area contributed by atoms with Crippen molar-refractivity contribution in [3.63, 3.8) is 0 Å². The van der Waals surface area contributed by atoms with Gasteiger partial charge in [-0.25, -0.2) is 0 Å². The van der Waals surface area contributed by atoms with E-state index in [0.29, 0.717) is 13.0 Å². The maximum Gasteiger partial charge on any atom is 0.164 e. The van der Waals surface area contributed by atoms with Crippen LogP contribution in [0.5, 0.6) is 0 Å². The molecule has 0 atom stereocenters. The number of carbonyl (C=O) groups excluding carboxylic acids is 1. The van der Waals surface area contributed by atoms with E-state index in [0.717, 1.165) is 15.6 Å². The van der Waals surface area contributed by atoms with Crippen molar-refractivity contribution < 1.29 is 4.79 Å². The highest BCUT2D eigenvalue weighted by Gasteiger charge is 2.21. The molecule has 1 rings (SSSR count). The number of hydrogen-bond donors (Lipinski definition) is 1. The second kappa shape index (κ2) is 5.11. The van der Waals surface area contributed by atoms with Gasteiger partial charge in [0, 0.05) is 16.5 Å². The van der Waals surface area contributed by atoms with Gasteiger partial charge in [0.1, 0.15) is 0 Å². The summed E-state index contributed by atoms with van der Waals surface area (Å²) in [6, 6.07) is 5.87. The Morgan fingerprint density at radius 1 is 1.38 bits per heavy atom. The molecule has 1 aromatic rings. The van der Waals surface area contributed by atoms with Gasteiger partial charge in [-0.15, -0.1) is 0 Å². The first-order chi connectivity index (χ1) is 7.36.